The second-order valence-electron chi connectivity index (χ2n) is 6.02. The summed E-state index contributed by atoms with van der Waals surface area (Å²) < 4.78 is 5.73. The molecule has 1 aliphatic rings. The van der Waals surface area contributed by atoms with E-state index in [2.05, 4.69) is 21.2 Å². The molecule has 0 spiro atoms. The molecular weight excluding hydrogens is 334 g/mol. The van der Waals surface area contributed by atoms with Gasteiger partial charge in [0.25, 0.3) is 0 Å². The maximum Gasteiger partial charge on any atom is 0.234 e. The number of anilines is 1. The molecule has 1 aromatic heterocycles. The Morgan fingerprint density at radius 1 is 1.16 bits per heavy atom. The van der Waals surface area contributed by atoms with E-state index in [0.29, 0.717) is 19.7 Å². The van der Waals surface area contributed by atoms with Crippen LogP contribution in [0.1, 0.15) is 11.8 Å². The highest BCUT2D eigenvalue weighted by Crippen LogP contribution is 2.28. The molecule has 1 aromatic carbocycles. The lowest BCUT2D eigenvalue weighted by atomic mass is 10.2. The number of carbonyl (C=O) groups excluding carboxylic acids is 1. The number of nitrogens with zero attached hydrogens (tertiary/aromatic N) is 2. The SMILES string of the molecule is CCOc1ccccc1N1CCN(CC(=O)NCc2cccs2)CC1. The minimum absolute atomic E-state index is 0.0940. The van der Waals surface area contributed by atoms with Crippen LogP contribution in [-0.4, -0.2) is 50.1 Å². The van der Waals surface area contributed by atoms with Gasteiger partial charge in [0.15, 0.2) is 0 Å². The second kappa shape index (κ2) is 8.87. The van der Waals surface area contributed by atoms with E-state index in [0.717, 1.165) is 37.6 Å². The number of rotatable bonds is 7. The van der Waals surface area contributed by atoms with Crippen LogP contribution in [-0.2, 0) is 11.3 Å². The van der Waals surface area contributed by atoms with Crippen LogP contribution < -0.4 is 15.0 Å². The third kappa shape index (κ3) is 4.96. The Bertz CT molecular complexity index is 667. The van der Waals surface area contributed by atoms with Crippen LogP contribution >= 0.6 is 11.3 Å². The molecule has 2 aromatic rings. The summed E-state index contributed by atoms with van der Waals surface area (Å²) >= 11 is 1.67. The van der Waals surface area contributed by atoms with E-state index in [9.17, 15) is 4.79 Å². The fourth-order valence-electron chi connectivity index (χ4n) is 3.00. The molecule has 2 heterocycles. The zero-order chi connectivity index (χ0) is 17.5. The Balaban J connectivity index is 1.46. The van der Waals surface area contributed by atoms with Crippen LogP contribution in [0.2, 0.25) is 0 Å². The summed E-state index contributed by atoms with van der Waals surface area (Å²) in [5.74, 6) is 1.03. The van der Waals surface area contributed by atoms with Crippen LogP contribution in [0.5, 0.6) is 5.75 Å². The zero-order valence-corrected chi connectivity index (χ0v) is 15.4. The van der Waals surface area contributed by atoms with Crippen molar-refractivity contribution < 1.29 is 9.53 Å². The summed E-state index contributed by atoms with van der Waals surface area (Å²) in [5.41, 5.74) is 1.14. The number of para-hydroxylation sites is 2. The van der Waals surface area contributed by atoms with E-state index in [1.807, 2.05) is 42.6 Å². The van der Waals surface area contributed by atoms with Gasteiger partial charge in [0.05, 0.1) is 25.4 Å². The fraction of sp³-hybridized carbons (Fsp3) is 0.421. The third-order valence-electron chi connectivity index (χ3n) is 4.29. The lowest BCUT2D eigenvalue weighted by molar-refractivity contribution is -0.122. The van der Waals surface area contributed by atoms with Gasteiger partial charge in [0, 0.05) is 31.1 Å². The minimum Gasteiger partial charge on any atom is -0.492 e. The van der Waals surface area contributed by atoms with E-state index in [1.165, 1.54) is 4.88 Å². The maximum absolute atomic E-state index is 12.1. The summed E-state index contributed by atoms with van der Waals surface area (Å²) in [6, 6.07) is 12.2. The van der Waals surface area contributed by atoms with Gasteiger partial charge in [-0.25, -0.2) is 0 Å². The summed E-state index contributed by atoms with van der Waals surface area (Å²) in [6.45, 7) is 7.33. The Kier molecular flexibility index (Phi) is 6.30. The van der Waals surface area contributed by atoms with E-state index in [4.69, 9.17) is 4.74 Å². The minimum atomic E-state index is 0.0940. The average Bonchev–Trinajstić information content (AvgIpc) is 3.15. The van der Waals surface area contributed by atoms with E-state index in [-0.39, 0.29) is 5.91 Å². The van der Waals surface area contributed by atoms with Crippen molar-refractivity contribution in [3.63, 3.8) is 0 Å². The van der Waals surface area contributed by atoms with Gasteiger partial charge < -0.3 is 15.0 Å². The third-order valence-corrected chi connectivity index (χ3v) is 5.16. The Morgan fingerprint density at radius 3 is 2.68 bits per heavy atom. The second-order valence-corrected chi connectivity index (χ2v) is 7.05. The smallest absolute Gasteiger partial charge is 0.234 e. The number of hydrogen-bond donors (Lipinski definition) is 1. The molecule has 1 fully saturated rings. The van der Waals surface area contributed by atoms with Gasteiger partial charge in [-0.2, -0.15) is 0 Å². The zero-order valence-electron chi connectivity index (χ0n) is 14.6. The first-order chi connectivity index (χ1) is 12.3. The molecule has 0 aliphatic carbocycles. The molecule has 1 aliphatic heterocycles. The molecule has 25 heavy (non-hydrogen) atoms. The van der Waals surface area contributed by atoms with Crippen molar-refractivity contribution in [3.05, 3.63) is 46.7 Å². The van der Waals surface area contributed by atoms with Gasteiger partial charge in [-0.1, -0.05) is 18.2 Å². The van der Waals surface area contributed by atoms with Gasteiger partial charge in [-0.05, 0) is 30.5 Å². The summed E-state index contributed by atoms with van der Waals surface area (Å²) in [6.07, 6.45) is 0. The predicted octanol–water partition coefficient (Wildman–Crippen LogP) is 2.59. The van der Waals surface area contributed by atoms with Gasteiger partial charge in [-0.3, -0.25) is 9.69 Å². The summed E-state index contributed by atoms with van der Waals surface area (Å²) in [7, 11) is 0. The Labute approximate surface area is 153 Å². The number of thiophene rings is 1. The molecule has 6 heteroatoms. The van der Waals surface area contributed by atoms with Gasteiger partial charge in [0.1, 0.15) is 5.75 Å². The van der Waals surface area contributed by atoms with E-state index < -0.39 is 0 Å². The first-order valence-electron chi connectivity index (χ1n) is 8.74. The van der Waals surface area contributed by atoms with Crippen molar-refractivity contribution >= 4 is 22.9 Å². The molecule has 3 rings (SSSR count). The average molecular weight is 359 g/mol. The number of carbonyl (C=O) groups is 1. The predicted molar refractivity (Wildman–Crippen MR) is 102 cm³/mol. The molecule has 134 valence electrons. The number of benzene rings is 1. The molecule has 1 N–H and O–H groups in total. The van der Waals surface area contributed by atoms with Gasteiger partial charge in [-0.15, -0.1) is 11.3 Å². The highest BCUT2D eigenvalue weighted by molar-refractivity contribution is 7.09. The number of ether oxygens (including phenoxy) is 1. The summed E-state index contributed by atoms with van der Waals surface area (Å²) in [5, 5.41) is 5.03. The molecule has 1 saturated heterocycles. The van der Waals surface area contributed by atoms with Crippen LogP contribution in [0.4, 0.5) is 5.69 Å². The maximum atomic E-state index is 12.1. The van der Waals surface area contributed by atoms with Crippen molar-refractivity contribution in [1.82, 2.24) is 10.2 Å². The van der Waals surface area contributed by atoms with E-state index >= 15 is 0 Å². The van der Waals surface area contributed by atoms with Gasteiger partial charge >= 0.3 is 0 Å². The number of amides is 1. The number of nitrogens with one attached hydrogen (secondary N) is 1. The number of piperazine rings is 1. The van der Waals surface area contributed by atoms with Crippen LogP contribution in [0, 0.1) is 0 Å². The van der Waals surface area contributed by atoms with Crippen molar-refractivity contribution in [2.75, 3.05) is 44.2 Å². The molecule has 0 saturated carbocycles. The van der Waals surface area contributed by atoms with Crippen molar-refractivity contribution in [1.29, 1.82) is 0 Å². The highest BCUT2D eigenvalue weighted by atomic mass is 32.1. The highest BCUT2D eigenvalue weighted by Gasteiger charge is 2.21. The van der Waals surface area contributed by atoms with Crippen molar-refractivity contribution in [2.45, 2.75) is 13.5 Å². The molecule has 0 unspecified atom stereocenters. The van der Waals surface area contributed by atoms with Crippen molar-refractivity contribution in [2.24, 2.45) is 0 Å². The summed E-state index contributed by atoms with van der Waals surface area (Å²) in [4.78, 5) is 17.9. The Hall–Kier alpha value is -2.05. The Morgan fingerprint density at radius 2 is 1.96 bits per heavy atom. The molecule has 0 bridgehead atoms. The van der Waals surface area contributed by atoms with Crippen LogP contribution in [0.25, 0.3) is 0 Å². The monoisotopic (exact) mass is 359 g/mol. The normalized spacial score (nSPS) is 15.2. The first-order valence-corrected chi connectivity index (χ1v) is 9.62. The largest absolute Gasteiger partial charge is 0.492 e. The van der Waals surface area contributed by atoms with Crippen LogP contribution in [0.3, 0.4) is 0 Å². The van der Waals surface area contributed by atoms with Crippen LogP contribution in [0.15, 0.2) is 41.8 Å². The van der Waals surface area contributed by atoms with Crippen molar-refractivity contribution in [3.8, 4) is 5.75 Å². The number of hydrogen-bond acceptors (Lipinski definition) is 5. The molecule has 0 atom stereocenters. The molecule has 0 radical (unpaired) electrons. The molecule has 5 nitrogen and oxygen atoms in total. The topological polar surface area (TPSA) is 44.8 Å². The molecular formula is C19H25N3O2S. The fourth-order valence-corrected chi connectivity index (χ4v) is 3.65. The van der Waals surface area contributed by atoms with E-state index in [1.54, 1.807) is 11.3 Å². The lowest BCUT2D eigenvalue weighted by Crippen LogP contribution is -2.49. The standard InChI is InChI=1S/C19H25N3O2S/c1-2-24-18-8-4-3-7-17(18)22-11-9-21(10-12-22)15-19(23)20-14-16-6-5-13-25-16/h3-8,13H,2,9-12,14-15H2,1H3,(H,20,23). The lowest BCUT2D eigenvalue weighted by Gasteiger charge is -2.36. The van der Waals surface area contributed by atoms with Gasteiger partial charge in [0.2, 0.25) is 5.91 Å². The quantitative estimate of drug-likeness (QED) is 0.825. The molecule has 1 amide bonds. The first kappa shape index (κ1) is 17.8.